The lowest BCUT2D eigenvalue weighted by molar-refractivity contribution is -0.123. The molecule has 3 rings (SSSR count). The highest BCUT2D eigenvalue weighted by atomic mass is 35.5. The summed E-state index contributed by atoms with van der Waals surface area (Å²) < 4.78 is 14.9. The van der Waals surface area contributed by atoms with Crippen LogP contribution in [0.15, 0.2) is 30.5 Å². The van der Waals surface area contributed by atoms with Crippen LogP contribution >= 0.6 is 12.4 Å². The number of benzene rings is 1. The van der Waals surface area contributed by atoms with Gasteiger partial charge < -0.3 is 10.6 Å². The predicted molar refractivity (Wildman–Crippen MR) is 111 cm³/mol. The van der Waals surface area contributed by atoms with Crippen molar-refractivity contribution in [2.45, 2.75) is 46.1 Å². The average Bonchev–Trinajstić information content (AvgIpc) is 3.04. The second-order valence-corrected chi connectivity index (χ2v) is 7.63. The summed E-state index contributed by atoms with van der Waals surface area (Å²) in [6.45, 7) is 8.22. The molecule has 0 saturated carbocycles. The van der Waals surface area contributed by atoms with E-state index in [4.69, 9.17) is 0 Å². The maximum atomic E-state index is 13.1. The van der Waals surface area contributed by atoms with Crippen LogP contribution in [0.25, 0.3) is 5.69 Å². The van der Waals surface area contributed by atoms with Gasteiger partial charge in [0, 0.05) is 17.7 Å². The summed E-state index contributed by atoms with van der Waals surface area (Å²) in [5.74, 6) is 0.826. The van der Waals surface area contributed by atoms with Crippen LogP contribution in [0.1, 0.15) is 50.4 Å². The largest absolute Gasteiger partial charge is 0.349 e. The zero-order valence-corrected chi connectivity index (χ0v) is 17.6. The number of carbonyl (C=O) groups is 1. The predicted octanol–water partition coefficient (Wildman–Crippen LogP) is 3.94. The normalized spacial score (nSPS) is 16.9. The fraction of sp³-hybridized carbons (Fsp3) is 0.524. The van der Waals surface area contributed by atoms with Gasteiger partial charge in [-0.1, -0.05) is 6.92 Å². The highest BCUT2D eigenvalue weighted by Gasteiger charge is 2.23. The van der Waals surface area contributed by atoms with Gasteiger partial charge in [-0.3, -0.25) is 4.79 Å². The Bertz CT molecular complexity index is 771. The van der Waals surface area contributed by atoms with Gasteiger partial charge in [0.05, 0.1) is 17.9 Å². The first-order valence-electron chi connectivity index (χ1n) is 9.76. The van der Waals surface area contributed by atoms with E-state index >= 15 is 0 Å². The molecule has 154 valence electrons. The molecule has 2 unspecified atom stereocenters. The lowest BCUT2D eigenvalue weighted by Gasteiger charge is -2.28. The second-order valence-electron chi connectivity index (χ2n) is 7.63. The Morgan fingerprint density at radius 3 is 2.57 bits per heavy atom. The third-order valence-corrected chi connectivity index (χ3v) is 5.66. The molecular formula is C21H30ClFN4O. The third-order valence-electron chi connectivity index (χ3n) is 5.66. The lowest BCUT2D eigenvalue weighted by atomic mass is 9.84. The summed E-state index contributed by atoms with van der Waals surface area (Å²) >= 11 is 0. The fourth-order valence-electron chi connectivity index (χ4n) is 3.94. The minimum absolute atomic E-state index is 0. The molecule has 1 aromatic heterocycles. The minimum atomic E-state index is -0.271. The number of rotatable bonds is 6. The van der Waals surface area contributed by atoms with Crippen LogP contribution in [0.2, 0.25) is 0 Å². The average molecular weight is 409 g/mol. The topological polar surface area (TPSA) is 59.0 Å². The second kappa shape index (κ2) is 10.0. The number of hydrogen-bond acceptors (Lipinski definition) is 3. The van der Waals surface area contributed by atoms with Crippen molar-refractivity contribution in [1.82, 2.24) is 20.4 Å². The van der Waals surface area contributed by atoms with Gasteiger partial charge in [0.1, 0.15) is 5.82 Å². The lowest BCUT2D eigenvalue weighted by Crippen LogP contribution is -2.34. The molecular weight excluding hydrogens is 379 g/mol. The molecule has 1 amide bonds. The van der Waals surface area contributed by atoms with E-state index < -0.39 is 0 Å². The van der Waals surface area contributed by atoms with Crippen molar-refractivity contribution in [3.05, 3.63) is 47.5 Å². The van der Waals surface area contributed by atoms with E-state index in [1.54, 1.807) is 23.0 Å². The van der Waals surface area contributed by atoms with Crippen LogP contribution in [0.3, 0.4) is 0 Å². The molecule has 1 aliphatic heterocycles. The van der Waals surface area contributed by atoms with Crippen molar-refractivity contribution >= 4 is 18.3 Å². The third kappa shape index (κ3) is 5.32. The Balaban J connectivity index is 0.00000280. The highest BCUT2D eigenvalue weighted by molar-refractivity contribution is 5.85. The van der Waals surface area contributed by atoms with E-state index in [1.165, 1.54) is 12.1 Å². The Labute approximate surface area is 172 Å². The number of aromatic nitrogens is 2. The standard InChI is InChI=1S/C21H29FN4O.ClH/c1-14(17-8-10-23-11-9-17)12-21(27)25-15(2)20-13-24-26(16(20)3)19-6-4-18(22)5-7-19;/h4-7,13-15,17,23H,8-12H2,1-3H3,(H,25,27);1H. The van der Waals surface area contributed by atoms with Crippen LogP contribution in [0.5, 0.6) is 0 Å². The van der Waals surface area contributed by atoms with E-state index in [2.05, 4.69) is 22.7 Å². The van der Waals surface area contributed by atoms with Crippen molar-refractivity contribution < 1.29 is 9.18 Å². The molecule has 2 atom stereocenters. The van der Waals surface area contributed by atoms with Crippen LogP contribution in [0, 0.1) is 24.6 Å². The molecule has 1 aliphatic rings. The van der Waals surface area contributed by atoms with Gasteiger partial charge in [-0.25, -0.2) is 9.07 Å². The number of hydrogen-bond donors (Lipinski definition) is 2. The van der Waals surface area contributed by atoms with Crippen LogP contribution in [-0.2, 0) is 4.79 Å². The zero-order chi connectivity index (χ0) is 19.4. The molecule has 28 heavy (non-hydrogen) atoms. The van der Waals surface area contributed by atoms with Gasteiger partial charge in [-0.15, -0.1) is 12.4 Å². The Hall–Kier alpha value is -1.92. The number of nitrogens with zero attached hydrogens (tertiary/aromatic N) is 2. The molecule has 0 radical (unpaired) electrons. The van der Waals surface area contributed by atoms with Crippen molar-refractivity contribution in [2.24, 2.45) is 11.8 Å². The minimum Gasteiger partial charge on any atom is -0.349 e. The number of halogens is 2. The van der Waals surface area contributed by atoms with Gasteiger partial charge in [0.2, 0.25) is 5.91 Å². The smallest absolute Gasteiger partial charge is 0.220 e. The van der Waals surface area contributed by atoms with Crippen molar-refractivity contribution in [2.75, 3.05) is 13.1 Å². The monoisotopic (exact) mass is 408 g/mol. The maximum absolute atomic E-state index is 13.1. The summed E-state index contributed by atoms with van der Waals surface area (Å²) in [5, 5.41) is 10.9. The Morgan fingerprint density at radius 1 is 1.29 bits per heavy atom. The van der Waals surface area contributed by atoms with Crippen LogP contribution < -0.4 is 10.6 Å². The summed E-state index contributed by atoms with van der Waals surface area (Å²) in [4.78, 5) is 12.5. The van der Waals surface area contributed by atoms with Gasteiger partial charge >= 0.3 is 0 Å². The van der Waals surface area contributed by atoms with E-state index in [9.17, 15) is 9.18 Å². The summed E-state index contributed by atoms with van der Waals surface area (Å²) in [5.41, 5.74) is 2.72. The molecule has 2 heterocycles. The number of piperidine rings is 1. The van der Waals surface area contributed by atoms with Crippen molar-refractivity contribution in [3.8, 4) is 5.69 Å². The molecule has 1 saturated heterocycles. The molecule has 7 heteroatoms. The number of carbonyl (C=O) groups excluding carboxylic acids is 1. The van der Waals surface area contributed by atoms with E-state index in [0.29, 0.717) is 18.3 Å². The molecule has 2 aromatic rings. The van der Waals surface area contributed by atoms with E-state index in [0.717, 1.165) is 42.9 Å². The van der Waals surface area contributed by atoms with Gasteiger partial charge in [0.15, 0.2) is 0 Å². The van der Waals surface area contributed by atoms with E-state index in [1.807, 2.05) is 13.8 Å². The Kier molecular flexibility index (Phi) is 8.01. The zero-order valence-electron chi connectivity index (χ0n) is 16.7. The highest BCUT2D eigenvalue weighted by Crippen LogP contribution is 2.25. The summed E-state index contributed by atoms with van der Waals surface area (Å²) in [6, 6.07) is 6.12. The van der Waals surface area contributed by atoms with Crippen LogP contribution in [-0.4, -0.2) is 28.8 Å². The quantitative estimate of drug-likeness (QED) is 0.761. The SMILES string of the molecule is Cc1c(C(C)NC(=O)CC(C)C2CCNCC2)cnn1-c1ccc(F)cc1.Cl. The molecule has 0 bridgehead atoms. The first kappa shape index (κ1) is 22.4. The molecule has 0 aliphatic carbocycles. The van der Waals surface area contributed by atoms with Crippen LogP contribution in [0.4, 0.5) is 4.39 Å². The Morgan fingerprint density at radius 2 is 1.93 bits per heavy atom. The van der Waals surface area contributed by atoms with Crippen molar-refractivity contribution in [1.29, 1.82) is 0 Å². The maximum Gasteiger partial charge on any atom is 0.220 e. The van der Waals surface area contributed by atoms with Gasteiger partial charge in [0.25, 0.3) is 0 Å². The van der Waals surface area contributed by atoms with Gasteiger partial charge in [-0.2, -0.15) is 5.10 Å². The molecule has 2 N–H and O–H groups in total. The first-order valence-corrected chi connectivity index (χ1v) is 9.76. The fourth-order valence-corrected chi connectivity index (χ4v) is 3.94. The number of amides is 1. The summed E-state index contributed by atoms with van der Waals surface area (Å²) in [7, 11) is 0. The van der Waals surface area contributed by atoms with E-state index in [-0.39, 0.29) is 30.2 Å². The molecule has 1 aromatic carbocycles. The first-order chi connectivity index (χ1) is 13.0. The summed E-state index contributed by atoms with van der Waals surface area (Å²) in [6.07, 6.45) is 4.63. The van der Waals surface area contributed by atoms with Crippen molar-refractivity contribution in [3.63, 3.8) is 0 Å². The number of nitrogens with one attached hydrogen (secondary N) is 2. The van der Waals surface area contributed by atoms with Gasteiger partial charge in [-0.05, 0) is 75.9 Å². The molecule has 0 spiro atoms. The molecule has 1 fully saturated rings. The molecule has 5 nitrogen and oxygen atoms in total.